The minimum atomic E-state index is -0.269. The van der Waals surface area contributed by atoms with Crippen molar-refractivity contribution in [1.29, 1.82) is 0 Å². The summed E-state index contributed by atoms with van der Waals surface area (Å²) in [7, 11) is 0. The molecule has 5 nitrogen and oxygen atoms in total. The third-order valence-electron chi connectivity index (χ3n) is 3.93. The van der Waals surface area contributed by atoms with Crippen molar-refractivity contribution >= 4 is 17.5 Å². The highest BCUT2D eigenvalue weighted by Crippen LogP contribution is 2.18. The van der Waals surface area contributed by atoms with Gasteiger partial charge in [0.1, 0.15) is 0 Å². The number of benzene rings is 1. The Bertz CT molecular complexity index is 542. The van der Waals surface area contributed by atoms with Crippen LogP contribution in [0, 0.1) is 19.8 Å². The first-order valence-electron chi connectivity index (χ1n) is 7.34. The number of primary amides is 1. The number of likely N-dealkylation sites (tertiary alicyclic amines) is 1. The number of anilines is 1. The quantitative estimate of drug-likeness (QED) is 0.880. The second kappa shape index (κ2) is 6.72. The molecule has 3 N–H and O–H groups in total. The van der Waals surface area contributed by atoms with Gasteiger partial charge in [0.05, 0.1) is 12.5 Å². The summed E-state index contributed by atoms with van der Waals surface area (Å²) < 4.78 is 0. The summed E-state index contributed by atoms with van der Waals surface area (Å²) in [6.07, 6.45) is 1.73. The summed E-state index contributed by atoms with van der Waals surface area (Å²) in [6, 6.07) is 5.94. The first-order valence-corrected chi connectivity index (χ1v) is 7.34. The van der Waals surface area contributed by atoms with Crippen molar-refractivity contribution in [3.63, 3.8) is 0 Å². The Labute approximate surface area is 125 Å². The summed E-state index contributed by atoms with van der Waals surface area (Å²) >= 11 is 0. The Kier molecular flexibility index (Phi) is 4.96. The van der Waals surface area contributed by atoms with Crippen molar-refractivity contribution in [2.24, 2.45) is 11.7 Å². The number of nitrogens with one attached hydrogen (secondary N) is 1. The number of carbonyl (C=O) groups is 2. The van der Waals surface area contributed by atoms with E-state index in [1.807, 2.05) is 36.9 Å². The second-order valence-electron chi connectivity index (χ2n) is 5.84. The molecule has 0 spiro atoms. The molecule has 0 unspecified atom stereocenters. The van der Waals surface area contributed by atoms with Crippen molar-refractivity contribution in [2.75, 3.05) is 25.0 Å². The maximum atomic E-state index is 12.1. The number of amides is 2. The van der Waals surface area contributed by atoms with Gasteiger partial charge in [0.15, 0.2) is 0 Å². The molecule has 1 saturated heterocycles. The molecule has 0 radical (unpaired) electrons. The molecule has 0 saturated carbocycles. The first-order chi connectivity index (χ1) is 9.95. The largest absolute Gasteiger partial charge is 0.369 e. The smallest absolute Gasteiger partial charge is 0.238 e. The van der Waals surface area contributed by atoms with Crippen LogP contribution in [-0.2, 0) is 9.59 Å². The zero-order chi connectivity index (χ0) is 15.4. The highest BCUT2D eigenvalue weighted by atomic mass is 16.2. The fourth-order valence-electron chi connectivity index (χ4n) is 2.78. The topological polar surface area (TPSA) is 75.4 Å². The van der Waals surface area contributed by atoms with Crippen LogP contribution < -0.4 is 11.1 Å². The highest BCUT2D eigenvalue weighted by Gasteiger charge is 2.25. The van der Waals surface area contributed by atoms with Crippen LogP contribution in [0.5, 0.6) is 0 Å². The van der Waals surface area contributed by atoms with Crippen molar-refractivity contribution in [1.82, 2.24) is 4.90 Å². The maximum Gasteiger partial charge on any atom is 0.238 e. The van der Waals surface area contributed by atoms with Crippen molar-refractivity contribution in [3.8, 4) is 0 Å². The number of hydrogen-bond donors (Lipinski definition) is 2. The van der Waals surface area contributed by atoms with E-state index in [1.165, 1.54) is 5.56 Å². The molecule has 2 rings (SSSR count). The first kappa shape index (κ1) is 15.5. The minimum absolute atomic E-state index is 0.0490. The molecule has 1 aliphatic heterocycles. The predicted molar refractivity (Wildman–Crippen MR) is 82.9 cm³/mol. The van der Waals surface area contributed by atoms with Crippen molar-refractivity contribution in [3.05, 3.63) is 29.3 Å². The van der Waals surface area contributed by atoms with Crippen LogP contribution in [0.4, 0.5) is 5.69 Å². The van der Waals surface area contributed by atoms with Gasteiger partial charge < -0.3 is 11.1 Å². The molecule has 0 bridgehead atoms. The second-order valence-corrected chi connectivity index (χ2v) is 5.84. The molecule has 0 aliphatic carbocycles. The minimum Gasteiger partial charge on any atom is -0.369 e. The number of aryl methyl sites for hydroxylation is 2. The van der Waals surface area contributed by atoms with Gasteiger partial charge in [-0.2, -0.15) is 0 Å². The number of piperidine rings is 1. The third kappa shape index (κ3) is 4.29. The zero-order valence-electron chi connectivity index (χ0n) is 12.7. The Morgan fingerprint density at radius 2 is 2.14 bits per heavy atom. The number of nitrogens with zero attached hydrogens (tertiary/aromatic N) is 1. The Balaban J connectivity index is 1.91. The van der Waals surface area contributed by atoms with Gasteiger partial charge in [-0.3, -0.25) is 14.5 Å². The normalized spacial score (nSPS) is 19.2. The Hall–Kier alpha value is -1.88. The van der Waals surface area contributed by atoms with Crippen LogP contribution >= 0.6 is 0 Å². The van der Waals surface area contributed by atoms with Gasteiger partial charge in [0.25, 0.3) is 0 Å². The summed E-state index contributed by atoms with van der Waals surface area (Å²) in [5, 5.41) is 2.93. The molecule has 1 atom stereocenters. The summed E-state index contributed by atoms with van der Waals surface area (Å²) in [5.74, 6) is -0.450. The molecule has 21 heavy (non-hydrogen) atoms. The van der Waals surface area contributed by atoms with Gasteiger partial charge in [0.2, 0.25) is 11.8 Å². The van der Waals surface area contributed by atoms with Crippen molar-refractivity contribution < 1.29 is 9.59 Å². The molecular weight excluding hydrogens is 266 g/mol. The van der Waals surface area contributed by atoms with Crippen molar-refractivity contribution in [2.45, 2.75) is 26.7 Å². The predicted octanol–water partition coefficient (Wildman–Crippen LogP) is 1.44. The average Bonchev–Trinajstić information content (AvgIpc) is 2.42. The molecule has 1 aliphatic rings. The molecule has 1 heterocycles. The molecule has 5 heteroatoms. The standard InChI is InChI=1S/C16H23N3O2/c1-11-5-6-14(12(2)8-11)18-15(20)10-19-7-3-4-13(9-19)16(17)21/h5-6,8,13H,3-4,7,9-10H2,1-2H3,(H2,17,21)(H,18,20)/t13-/m1/s1. The number of nitrogens with two attached hydrogens (primary N) is 1. The lowest BCUT2D eigenvalue weighted by atomic mass is 9.97. The number of carbonyl (C=O) groups excluding carboxylic acids is 2. The van der Waals surface area contributed by atoms with Gasteiger partial charge in [-0.25, -0.2) is 0 Å². The molecular formula is C16H23N3O2. The van der Waals surface area contributed by atoms with Gasteiger partial charge in [-0.05, 0) is 44.9 Å². The van der Waals surface area contributed by atoms with E-state index in [1.54, 1.807) is 0 Å². The van der Waals surface area contributed by atoms with E-state index in [0.29, 0.717) is 13.1 Å². The zero-order valence-corrected chi connectivity index (χ0v) is 12.7. The molecule has 0 aromatic heterocycles. The van der Waals surface area contributed by atoms with Gasteiger partial charge in [0, 0.05) is 12.2 Å². The van der Waals surface area contributed by atoms with Crippen LogP contribution in [0.2, 0.25) is 0 Å². The van der Waals surface area contributed by atoms with E-state index in [0.717, 1.165) is 30.6 Å². The molecule has 1 fully saturated rings. The van der Waals surface area contributed by atoms with Gasteiger partial charge in [-0.15, -0.1) is 0 Å². The highest BCUT2D eigenvalue weighted by molar-refractivity contribution is 5.93. The Morgan fingerprint density at radius 1 is 1.38 bits per heavy atom. The van der Waals surface area contributed by atoms with Gasteiger partial charge >= 0.3 is 0 Å². The summed E-state index contributed by atoms with van der Waals surface area (Å²) in [5.41, 5.74) is 8.42. The number of rotatable bonds is 4. The van der Waals surface area contributed by atoms with E-state index in [4.69, 9.17) is 5.73 Å². The summed E-state index contributed by atoms with van der Waals surface area (Å²) in [6.45, 7) is 5.72. The fourth-order valence-corrected chi connectivity index (χ4v) is 2.78. The third-order valence-corrected chi connectivity index (χ3v) is 3.93. The molecule has 114 valence electrons. The van der Waals surface area contributed by atoms with E-state index >= 15 is 0 Å². The van der Waals surface area contributed by atoms with Crippen LogP contribution in [0.1, 0.15) is 24.0 Å². The molecule has 1 aromatic rings. The average molecular weight is 289 g/mol. The molecule has 2 amide bonds. The van der Waals surface area contributed by atoms with E-state index in [-0.39, 0.29) is 17.7 Å². The monoisotopic (exact) mass is 289 g/mol. The van der Waals surface area contributed by atoms with E-state index < -0.39 is 0 Å². The van der Waals surface area contributed by atoms with Crippen LogP contribution in [0.3, 0.4) is 0 Å². The van der Waals surface area contributed by atoms with E-state index in [9.17, 15) is 9.59 Å². The molecule has 1 aromatic carbocycles. The Morgan fingerprint density at radius 3 is 2.81 bits per heavy atom. The van der Waals surface area contributed by atoms with Crippen LogP contribution in [0.15, 0.2) is 18.2 Å². The number of hydrogen-bond acceptors (Lipinski definition) is 3. The van der Waals surface area contributed by atoms with Crippen LogP contribution in [-0.4, -0.2) is 36.3 Å². The lowest BCUT2D eigenvalue weighted by Gasteiger charge is -2.30. The summed E-state index contributed by atoms with van der Waals surface area (Å²) in [4.78, 5) is 25.4. The fraction of sp³-hybridized carbons (Fsp3) is 0.500. The lowest BCUT2D eigenvalue weighted by Crippen LogP contribution is -2.44. The van der Waals surface area contributed by atoms with Crippen LogP contribution in [0.25, 0.3) is 0 Å². The van der Waals surface area contributed by atoms with E-state index in [2.05, 4.69) is 5.32 Å². The maximum absolute atomic E-state index is 12.1. The lowest BCUT2D eigenvalue weighted by molar-refractivity contribution is -0.125. The van der Waals surface area contributed by atoms with Gasteiger partial charge in [-0.1, -0.05) is 17.7 Å². The SMILES string of the molecule is Cc1ccc(NC(=O)CN2CCC[C@@H](C(N)=O)C2)c(C)c1.